The summed E-state index contributed by atoms with van der Waals surface area (Å²) in [6, 6.07) is 10.3. The first-order chi connectivity index (χ1) is 12.8. The molecule has 7 heteroatoms. The smallest absolute Gasteiger partial charge is 0.154 e. The standard InChI is InChI=1S/C19H22FN5O/c20-16-4-1-3-15(13-16)17-14-22-19-6-5-18(23-25(17)19)21-7-2-8-24-9-11-26-12-10-24/h1,3-6,13-14H,2,7-12H2,(H,21,23). The third-order valence-corrected chi connectivity index (χ3v) is 4.54. The van der Waals surface area contributed by atoms with Crippen LogP contribution in [0, 0.1) is 5.82 Å². The van der Waals surface area contributed by atoms with E-state index in [4.69, 9.17) is 4.74 Å². The number of ether oxygens (including phenoxy) is 1. The number of rotatable bonds is 6. The maximum atomic E-state index is 13.5. The SMILES string of the molecule is Fc1cccc(-c2cnc3ccc(NCCCN4CCOCC4)nn23)c1. The van der Waals surface area contributed by atoms with Crippen molar-refractivity contribution in [3.05, 3.63) is 48.4 Å². The van der Waals surface area contributed by atoms with Crippen LogP contribution in [-0.4, -0.2) is 58.9 Å². The molecule has 0 atom stereocenters. The number of fused-ring (bicyclic) bond motifs is 1. The van der Waals surface area contributed by atoms with Crippen molar-refractivity contribution in [3.8, 4) is 11.3 Å². The molecule has 1 fully saturated rings. The van der Waals surface area contributed by atoms with Crippen molar-refractivity contribution in [2.75, 3.05) is 44.7 Å². The van der Waals surface area contributed by atoms with Gasteiger partial charge in [-0.05, 0) is 37.2 Å². The minimum Gasteiger partial charge on any atom is -0.379 e. The third-order valence-electron chi connectivity index (χ3n) is 4.54. The van der Waals surface area contributed by atoms with Gasteiger partial charge < -0.3 is 10.1 Å². The lowest BCUT2D eigenvalue weighted by Crippen LogP contribution is -2.37. The van der Waals surface area contributed by atoms with Crippen LogP contribution < -0.4 is 5.32 Å². The van der Waals surface area contributed by atoms with Gasteiger partial charge in [-0.2, -0.15) is 0 Å². The first-order valence-corrected chi connectivity index (χ1v) is 8.94. The van der Waals surface area contributed by atoms with Gasteiger partial charge in [0.1, 0.15) is 11.6 Å². The molecule has 0 spiro atoms. The van der Waals surface area contributed by atoms with Crippen molar-refractivity contribution < 1.29 is 9.13 Å². The molecule has 1 aliphatic heterocycles. The van der Waals surface area contributed by atoms with E-state index in [1.165, 1.54) is 12.1 Å². The molecule has 1 saturated heterocycles. The fraction of sp³-hybridized carbons (Fsp3) is 0.368. The summed E-state index contributed by atoms with van der Waals surface area (Å²) < 4.78 is 20.6. The maximum Gasteiger partial charge on any atom is 0.154 e. The second kappa shape index (κ2) is 7.80. The van der Waals surface area contributed by atoms with E-state index in [0.29, 0.717) is 0 Å². The van der Waals surface area contributed by atoms with E-state index in [9.17, 15) is 4.39 Å². The molecule has 1 aliphatic rings. The van der Waals surface area contributed by atoms with Crippen LogP contribution in [0.25, 0.3) is 16.9 Å². The lowest BCUT2D eigenvalue weighted by molar-refractivity contribution is 0.0378. The highest BCUT2D eigenvalue weighted by Crippen LogP contribution is 2.21. The molecular formula is C19H22FN5O. The van der Waals surface area contributed by atoms with Gasteiger partial charge in [0, 0.05) is 25.2 Å². The molecule has 0 saturated carbocycles. The molecule has 0 amide bonds. The minimum absolute atomic E-state index is 0.269. The quantitative estimate of drug-likeness (QED) is 0.689. The summed E-state index contributed by atoms with van der Waals surface area (Å²) in [5.41, 5.74) is 2.27. The van der Waals surface area contributed by atoms with Crippen LogP contribution in [0.5, 0.6) is 0 Å². The molecule has 26 heavy (non-hydrogen) atoms. The molecule has 3 heterocycles. The van der Waals surface area contributed by atoms with Gasteiger partial charge in [-0.15, -0.1) is 5.10 Å². The van der Waals surface area contributed by atoms with E-state index in [-0.39, 0.29) is 5.82 Å². The van der Waals surface area contributed by atoms with Crippen LogP contribution in [0.15, 0.2) is 42.6 Å². The molecule has 1 aromatic carbocycles. The van der Waals surface area contributed by atoms with Crippen molar-refractivity contribution in [3.63, 3.8) is 0 Å². The highest BCUT2D eigenvalue weighted by Gasteiger charge is 2.10. The second-order valence-corrected chi connectivity index (χ2v) is 6.38. The molecular weight excluding hydrogens is 333 g/mol. The number of hydrogen-bond acceptors (Lipinski definition) is 5. The Labute approximate surface area is 151 Å². The maximum absolute atomic E-state index is 13.5. The summed E-state index contributed by atoms with van der Waals surface area (Å²) in [4.78, 5) is 6.77. The average Bonchev–Trinajstić information content (AvgIpc) is 3.09. The molecule has 6 nitrogen and oxygen atoms in total. The van der Waals surface area contributed by atoms with Crippen molar-refractivity contribution in [2.45, 2.75) is 6.42 Å². The Balaban J connectivity index is 1.42. The number of anilines is 1. The Morgan fingerprint density at radius 2 is 2.04 bits per heavy atom. The van der Waals surface area contributed by atoms with Crippen LogP contribution in [0.4, 0.5) is 10.2 Å². The Morgan fingerprint density at radius 3 is 2.88 bits per heavy atom. The van der Waals surface area contributed by atoms with Gasteiger partial charge in [0.05, 0.1) is 25.1 Å². The lowest BCUT2D eigenvalue weighted by atomic mass is 10.2. The van der Waals surface area contributed by atoms with Gasteiger partial charge in [0.15, 0.2) is 5.65 Å². The van der Waals surface area contributed by atoms with E-state index < -0.39 is 0 Å². The monoisotopic (exact) mass is 355 g/mol. The predicted molar refractivity (Wildman–Crippen MR) is 98.7 cm³/mol. The molecule has 0 radical (unpaired) electrons. The Bertz CT molecular complexity index is 875. The number of morpholine rings is 1. The number of imidazole rings is 1. The summed E-state index contributed by atoms with van der Waals surface area (Å²) >= 11 is 0. The van der Waals surface area contributed by atoms with E-state index in [2.05, 4.69) is 20.3 Å². The fourth-order valence-electron chi connectivity index (χ4n) is 3.16. The van der Waals surface area contributed by atoms with Gasteiger partial charge in [-0.1, -0.05) is 12.1 Å². The largest absolute Gasteiger partial charge is 0.379 e. The highest BCUT2D eigenvalue weighted by molar-refractivity contribution is 5.63. The van der Waals surface area contributed by atoms with Crippen LogP contribution in [0.1, 0.15) is 6.42 Å². The van der Waals surface area contributed by atoms with Crippen LogP contribution in [0.2, 0.25) is 0 Å². The average molecular weight is 355 g/mol. The number of nitrogens with zero attached hydrogens (tertiary/aromatic N) is 4. The number of nitrogens with one attached hydrogen (secondary N) is 1. The number of aromatic nitrogens is 3. The molecule has 1 N–H and O–H groups in total. The van der Waals surface area contributed by atoms with Gasteiger partial charge in [-0.3, -0.25) is 4.90 Å². The second-order valence-electron chi connectivity index (χ2n) is 6.38. The first kappa shape index (κ1) is 16.9. The first-order valence-electron chi connectivity index (χ1n) is 8.94. The Kier molecular flexibility index (Phi) is 5.08. The third kappa shape index (κ3) is 3.84. The number of hydrogen-bond donors (Lipinski definition) is 1. The molecule has 136 valence electrons. The summed E-state index contributed by atoms with van der Waals surface area (Å²) in [6.45, 7) is 5.58. The summed E-state index contributed by atoms with van der Waals surface area (Å²) in [7, 11) is 0. The summed E-state index contributed by atoms with van der Waals surface area (Å²) in [6.07, 6.45) is 2.76. The molecule has 0 unspecified atom stereocenters. The highest BCUT2D eigenvalue weighted by atomic mass is 19.1. The van der Waals surface area contributed by atoms with Gasteiger partial charge in [0.25, 0.3) is 0 Å². The molecule has 0 bridgehead atoms. The predicted octanol–water partition coefficient (Wildman–Crippen LogP) is 2.67. The molecule has 2 aromatic heterocycles. The Morgan fingerprint density at radius 1 is 1.15 bits per heavy atom. The molecule has 0 aliphatic carbocycles. The molecule has 4 rings (SSSR count). The van der Waals surface area contributed by atoms with Gasteiger partial charge in [0.2, 0.25) is 0 Å². The number of benzene rings is 1. The van der Waals surface area contributed by atoms with Crippen molar-refractivity contribution in [1.82, 2.24) is 19.5 Å². The zero-order chi connectivity index (χ0) is 17.8. The zero-order valence-electron chi connectivity index (χ0n) is 14.6. The summed E-state index contributed by atoms with van der Waals surface area (Å²) in [5.74, 6) is 0.518. The fourth-order valence-corrected chi connectivity index (χ4v) is 3.16. The lowest BCUT2D eigenvalue weighted by Gasteiger charge is -2.26. The van der Waals surface area contributed by atoms with E-state index >= 15 is 0 Å². The van der Waals surface area contributed by atoms with E-state index in [0.717, 1.165) is 68.5 Å². The normalized spacial score (nSPS) is 15.4. The minimum atomic E-state index is -0.269. The van der Waals surface area contributed by atoms with Crippen LogP contribution >= 0.6 is 0 Å². The van der Waals surface area contributed by atoms with Crippen LogP contribution in [-0.2, 0) is 4.74 Å². The van der Waals surface area contributed by atoms with E-state index in [1.54, 1.807) is 16.8 Å². The molecule has 3 aromatic rings. The van der Waals surface area contributed by atoms with Crippen molar-refractivity contribution >= 4 is 11.5 Å². The Hall–Kier alpha value is -2.51. The zero-order valence-corrected chi connectivity index (χ0v) is 14.6. The van der Waals surface area contributed by atoms with Gasteiger partial charge >= 0.3 is 0 Å². The van der Waals surface area contributed by atoms with Gasteiger partial charge in [-0.25, -0.2) is 13.9 Å². The van der Waals surface area contributed by atoms with Crippen molar-refractivity contribution in [1.29, 1.82) is 0 Å². The van der Waals surface area contributed by atoms with Crippen LogP contribution in [0.3, 0.4) is 0 Å². The van der Waals surface area contributed by atoms with Crippen molar-refractivity contribution in [2.24, 2.45) is 0 Å². The van der Waals surface area contributed by atoms with E-state index in [1.807, 2.05) is 18.2 Å². The topological polar surface area (TPSA) is 54.7 Å². The number of halogens is 1. The summed E-state index contributed by atoms with van der Waals surface area (Å²) in [5, 5.41) is 7.98.